The van der Waals surface area contributed by atoms with E-state index in [1.165, 1.54) is 31.0 Å². The molecule has 1 unspecified atom stereocenters. The fourth-order valence-corrected chi connectivity index (χ4v) is 7.75. The standard InChI is InChI=1S/C27H37N3O3S/c1-17(2)33-10-6-9-30-25(32)22-7-4-5-8-23(22)28-26(30)34-18(3)24(31)29-27-14-19-11-20(15-27)13-21(12-19)16-27/h4-5,7-8,17-21H,6,9-16H2,1-3H3,(H,29,31). The molecule has 4 bridgehead atoms. The van der Waals surface area contributed by atoms with E-state index in [0.29, 0.717) is 29.2 Å². The van der Waals surface area contributed by atoms with Crippen molar-refractivity contribution in [2.75, 3.05) is 6.61 Å². The highest BCUT2D eigenvalue weighted by Gasteiger charge is 2.51. The van der Waals surface area contributed by atoms with Crippen molar-refractivity contribution in [3.05, 3.63) is 34.6 Å². The molecule has 4 fully saturated rings. The Bertz CT molecular complexity index is 1080. The predicted molar refractivity (Wildman–Crippen MR) is 136 cm³/mol. The summed E-state index contributed by atoms with van der Waals surface area (Å²) in [5.41, 5.74) is 0.621. The highest BCUT2D eigenvalue weighted by atomic mass is 32.2. The first-order valence-corrected chi connectivity index (χ1v) is 13.8. The molecule has 0 saturated heterocycles. The van der Waals surface area contributed by atoms with Gasteiger partial charge in [-0.2, -0.15) is 0 Å². The van der Waals surface area contributed by atoms with E-state index < -0.39 is 0 Å². The van der Waals surface area contributed by atoms with Gasteiger partial charge in [0.2, 0.25) is 5.91 Å². The van der Waals surface area contributed by atoms with E-state index in [4.69, 9.17) is 9.72 Å². The normalized spacial score (nSPS) is 28.5. The quantitative estimate of drug-likeness (QED) is 0.316. The highest BCUT2D eigenvalue weighted by molar-refractivity contribution is 8.00. The first kappa shape index (κ1) is 23.9. The minimum absolute atomic E-state index is 0.00861. The van der Waals surface area contributed by atoms with Crippen LogP contribution in [0.15, 0.2) is 34.2 Å². The summed E-state index contributed by atoms with van der Waals surface area (Å²) in [5.74, 6) is 2.43. The third kappa shape index (κ3) is 4.92. The lowest BCUT2D eigenvalue weighted by Crippen LogP contribution is -2.60. The van der Waals surface area contributed by atoms with Crippen LogP contribution in [0.3, 0.4) is 0 Å². The van der Waals surface area contributed by atoms with E-state index >= 15 is 0 Å². The zero-order valence-electron chi connectivity index (χ0n) is 20.6. The maximum absolute atomic E-state index is 13.4. The van der Waals surface area contributed by atoms with Crippen molar-refractivity contribution in [1.82, 2.24) is 14.9 Å². The Kier molecular flexibility index (Phi) is 6.77. The summed E-state index contributed by atoms with van der Waals surface area (Å²) in [7, 11) is 0. The van der Waals surface area contributed by atoms with Gasteiger partial charge in [0.15, 0.2) is 5.16 Å². The van der Waals surface area contributed by atoms with Crippen LogP contribution in [0.25, 0.3) is 10.9 Å². The number of benzene rings is 1. The smallest absolute Gasteiger partial charge is 0.262 e. The van der Waals surface area contributed by atoms with Crippen LogP contribution in [0.5, 0.6) is 0 Å². The average Bonchev–Trinajstić information content (AvgIpc) is 2.77. The number of ether oxygens (including phenoxy) is 1. The molecule has 4 saturated carbocycles. The monoisotopic (exact) mass is 483 g/mol. The zero-order valence-corrected chi connectivity index (χ0v) is 21.4. The topological polar surface area (TPSA) is 73.2 Å². The van der Waals surface area contributed by atoms with Crippen LogP contribution in [-0.2, 0) is 16.1 Å². The number of hydrogen-bond donors (Lipinski definition) is 1. The molecule has 2 aromatic rings. The van der Waals surface area contributed by atoms with Crippen molar-refractivity contribution >= 4 is 28.6 Å². The van der Waals surface area contributed by atoms with Gasteiger partial charge in [0.25, 0.3) is 5.56 Å². The molecule has 4 aliphatic carbocycles. The number of rotatable bonds is 9. The predicted octanol–water partition coefficient (Wildman–Crippen LogP) is 4.78. The van der Waals surface area contributed by atoms with Gasteiger partial charge in [0, 0.05) is 18.7 Å². The molecule has 7 heteroatoms. The molecule has 184 valence electrons. The van der Waals surface area contributed by atoms with E-state index in [2.05, 4.69) is 5.32 Å². The van der Waals surface area contributed by atoms with Gasteiger partial charge in [-0.15, -0.1) is 0 Å². The van der Waals surface area contributed by atoms with Crippen LogP contribution in [-0.4, -0.2) is 39.0 Å². The molecule has 0 spiro atoms. The van der Waals surface area contributed by atoms with Crippen LogP contribution in [0.2, 0.25) is 0 Å². The van der Waals surface area contributed by atoms with Gasteiger partial charge in [0.05, 0.1) is 22.3 Å². The van der Waals surface area contributed by atoms with Crippen molar-refractivity contribution < 1.29 is 9.53 Å². The summed E-state index contributed by atoms with van der Waals surface area (Å²) in [4.78, 5) is 31.5. The summed E-state index contributed by atoms with van der Waals surface area (Å²) >= 11 is 1.40. The van der Waals surface area contributed by atoms with Gasteiger partial charge in [-0.3, -0.25) is 14.2 Å². The third-order valence-corrected chi connectivity index (χ3v) is 8.97. The summed E-state index contributed by atoms with van der Waals surface area (Å²) in [6.07, 6.45) is 8.35. The second kappa shape index (κ2) is 9.65. The molecule has 1 atom stereocenters. The number of aromatic nitrogens is 2. The van der Waals surface area contributed by atoms with Crippen molar-refractivity contribution in [2.24, 2.45) is 17.8 Å². The van der Waals surface area contributed by atoms with E-state index in [1.54, 1.807) is 4.57 Å². The fourth-order valence-electron chi connectivity index (χ4n) is 6.81. The number of thioether (sulfide) groups is 1. The van der Waals surface area contributed by atoms with Crippen molar-refractivity contribution in [2.45, 2.75) is 94.3 Å². The number of nitrogens with one attached hydrogen (secondary N) is 1. The van der Waals surface area contributed by atoms with Gasteiger partial charge < -0.3 is 10.1 Å². The van der Waals surface area contributed by atoms with Crippen LogP contribution in [0.1, 0.15) is 65.7 Å². The highest BCUT2D eigenvalue weighted by Crippen LogP contribution is 2.55. The molecule has 1 aromatic heterocycles. The van der Waals surface area contributed by atoms with E-state index in [1.807, 2.05) is 45.0 Å². The molecule has 0 aliphatic heterocycles. The third-order valence-electron chi connectivity index (χ3n) is 7.88. The SMILES string of the molecule is CC(C)OCCCn1c(SC(C)C(=O)NC23CC4CC(CC(C4)C2)C3)nc2ccccc2c1=O. The van der Waals surface area contributed by atoms with Crippen LogP contribution in [0.4, 0.5) is 0 Å². The average molecular weight is 484 g/mol. The van der Waals surface area contributed by atoms with Gasteiger partial charge in [0.1, 0.15) is 0 Å². The number of fused-ring (bicyclic) bond motifs is 1. The Morgan fingerprint density at radius 1 is 1.15 bits per heavy atom. The molecule has 34 heavy (non-hydrogen) atoms. The maximum Gasteiger partial charge on any atom is 0.262 e. The van der Waals surface area contributed by atoms with Gasteiger partial charge >= 0.3 is 0 Å². The van der Waals surface area contributed by atoms with Crippen molar-refractivity contribution in [3.8, 4) is 0 Å². The Balaban J connectivity index is 1.33. The lowest BCUT2D eigenvalue weighted by atomic mass is 9.53. The Labute approximate surface area is 206 Å². The Morgan fingerprint density at radius 2 is 1.79 bits per heavy atom. The zero-order chi connectivity index (χ0) is 23.9. The molecule has 6 nitrogen and oxygen atoms in total. The number of nitrogens with zero attached hydrogens (tertiary/aromatic N) is 2. The van der Waals surface area contributed by atoms with Crippen LogP contribution in [0, 0.1) is 17.8 Å². The molecule has 1 amide bonds. The number of hydrogen-bond acceptors (Lipinski definition) is 5. The first-order valence-electron chi connectivity index (χ1n) is 12.9. The van der Waals surface area contributed by atoms with Crippen LogP contribution >= 0.6 is 11.8 Å². The number of amides is 1. The van der Waals surface area contributed by atoms with E-state index in [9.17, 15) is 9.59 Å². The lowest BCUT2D eigenvalue weighted by molar-refractivity contribution is -0.126. The number of para-hydroxylation sites is 1. The largest absolute Gasteiger partial charge is 0.379 e. The van der Waals surface area contributed by atoms with E-state index in [-0.39, 0.29) is 28.4 Å². The molecular weight excluding hydrogens is 446 g/mol. The Morgan fingerprint density at radius 3 is 2.44 bits per heavy atom. The van der Waals surface area contributed by atoms with Crippen LogP contribution < -0.4 is 10.9 Å². The lowest BCUT2D eigenvalue weighted by Gasteiger charge is -2.57. The van der Waals surface area contributed by atoms with Crippen molar-refractivity contribution in [1.29, 1.82) is 0 Å². The first-order chi connectivity index (χ1) is 16.3. The molecule has 1 heterocycles. The van der Waals surface area contributed by atoms with Crippen molar-refractivity contribution in [3.63, 3.8) is 0 Å². The van der Waals surface area contributed by atoms with Gasteiger partial charge in [-0.25, -0.2) is 4.98 Å². The van der Waals surface area contributed by atoms with Gasteiger partial charge in [-0.1, -0.05) is 23.9 Å². The summed E-state index contributed by atoms with van der Waals surface area (Å²) in [5, 5.41) is 4.39. The molecule has 4 aliphatic rings. The maximum atomic E-state index is 13.4. The molecule has 1 aromatic carbocycles. The second-order valence-corrected chi connectivity index (χ2v) is 12.4. The minimum Gasteiger partial charge on any atom is -0.379 e. The number of carbonyl (C=O) groups excluding carboxylic acids is 1. The summed E-state index contributed by atoms with van der Waals surface area (Å²) in [6.45, 7) is 7.07. The van der Waals surface area contributed by atoms with E-state index in [0.717, 1.165) is 43.4 Å². The molecule has 6 rings (SSSR count). The minimum atomic E-state index is -0.320. The second-order valence-electron chi connectivity index (χ2n) is 11.1. The Hall–Kier alpha value is -1.86. The number of carbonyl (C=O) groups is 1. The molecule has 0 radical (unpaired) electrons. The summed E-state index contributed by atoms with van der Waals surface area (Å²) in [6, 6.07) is 7.45. The summed E-state index contributed by atoms with van der Waals surface area (Å²) < 4.78 is 7.41. The molecule has 1 N–H and O–H groups in total. The van der Waals surface area contributed by atoms with Gasteiger partial charge in [-0.05, 0) is 95.6 Å². The fraction of sp³-hybridized carbons (Fsp3) is 0.667. The molecular formula is C27H37N3O3S.